The molecule has 4 nitrogen and oxygen atoms in total. The maximum Gasteiger partial charge on any atom is 0.433 e. The average molecular weight is 306 g/mol. The fourth-order valence-corrected chi connectivity index (χ4v) is 2.24. The van der Waals surface area contributed by atoms with Crippen molar-refractivity contribution in [1.29, 1.82) is 0 Å². The van der Waals surface area contributed by atoms with E-state index in [0.717, 1.165) is 18.9 Å². The van der Waals surface area contributed by atoms with Crippen LogP contribution in [0, 0.1) is 0 Å². The summed E-state index contributed by atoms with van der Waals surface area (Å²) in [7, 11) is 0. The van der Waals surface area contributed by atoms with Crippen LogP contribution >= 0.6 is 0 Å². The lowest BCUT2D eigenvalue weighted by Gasteiger charge is -2.15. The van der Waals surface area contributed by atoms with Crippen LogP contribution in [0.4, 0.5) is 19.0 Å². The van der Waals surface area contributed by atoms with Crippen LogP contribution in [0.25, 0.3) is 11.4 Å². The van der Waals surface area contributed by atoms with Crippen molar-refractivity contribution in [3.05, 3.63) is 48.4 Å². The van der Waals surface area contributed by atoms with E-state index in [2.05, 4.69) is 20.3 Å². The van der Waals surface area contributed by atoms with E-state index in [1.54, 1.807) is 12.1 Å². The zero-order valence-electron chi connectivity index (χ0n) is 11.5. The molecule has 1 aliphatic rings. The van der Waals surface area contributed by atoms with Gasteiger partial charge in [0.15, 0.2) is 11.5 Å². The topological polar surface area (TPSA) is 50.7 Å². The molecule has 0 unspecified atom stereocenters. The molecule has 114 valence electrons. The molecule has 0 aromatic carbocycles. The van der Waals surface area contributed by atoms with Crippen molar-refractivity contribution in [3.8, 4) is 11.4 Å². The molecule has 3 rings (SSSR count). The monoisotopic (exact) mass is 306 g/mol. The Morgan fingerprint density at radius 2 is 1.73 bits per heavy atom. The highest BCUT2D eigenvalue weighted by molar-refractivity contribution is 5.57. The molecule has 22 heavy (non-hydrogen) atoms. The fourth-order valence-electron chi connectivity index (χ4n) is 2.24. The van der Waals surface area contributed by atoms with Gasteiger partial charge in [0, 0.05) is 30.1 Å². The van der Waals surface area contributed by atoms with Gasteiger partial charge in [-0.3, -0.25) is 4.98 Å². The van der Waals surface area contributed by atoms with Gasteiger partial charge in [0.05, 0.1) is 0 Å². The first kappa shape index (κ1) is 14.5. The van der Waals surface area contributed by atoms with Crippen LogP contribution in [0.1, 0.15) is 18.5 Å². The Labute approximate surface area is 125 Å². The summed E-state index contributed by atoms with van der Waals surface area (Å²) < 4.78 is 39.1. The molecular weight excluding hydrogens is 293 g/mol. The Hall–Kier alpha value is -2.44. The lowest BCUT2D eigenvalue weighted by Crippen LogP contribution is -2.18. The van der Waals surface area contributed by atoms with Crippen LogP contribution in [0.15, 0.2) is 42.7 Å². The molecule has 2 heterocycles. The summed E-state index contributed by atoms with van der Waals surface area (Å²) in [6.07, 6.45) is 4.00. The summed E-state index contributed by atoms with van der Waals surface area (Å²) in [5.41, 5.74) is -0.462. The highest BCUT2D eigenvalue weighted by Gasteiger charge is 2.34. The highest BCUT2D eigenvalue weighted by Crippen LogP contribution is 2.31. The zero-order valence-corrected chi connectivity index (χ0v) is 11.5. The first-order valence-electron chi connectivity index (χ1n) is 6.80. The Bertz CT molecular complexity index is 675. The molecule has 0 spiro atoms. The van der Waals surface area contributed by atoms with Crippen molar-refractivity contribution in [3.63, 3.8) is 0 Å². The lowest BCUT2D eigenvalue weighted by molar-refractivity contribution is -0.141. The van der Waals surface area contributed by atoms with Crippen molar-refractivity contribution in [2.45, 2.75) is 25.1 Å². The molecule has 0 fully saturated rings. The van der Waals surface area contributed by atoms with E-state index in [-0.39, 0.29) is 17.7 Å². The molecule has 0 bridgehead atoms. The number of aromatic nitrogens is 3. The van der Waals surface area contributed by atoms with Gasteiger partial charge in [-0.05, 0) is 25.0 Å². The number of hydrogen-bond donors (Lipinski definition) is 1. The number of alkyl halides is 3. The maximum atomic E-state index is 13.0. The summed E-state index contributed by atoms with van der Waals surface area (Å²) in [6.45, 7) is 0. The van der Waals surface area contributed by atoms with Gasteiger partial charge in [-0.25, -0.2) is 9.97 Å². The second-order valence-electron chi connectivity index (χ2n) is 4.98. The van der Waals surface area contributed by atoms with Gasteiger partial charge >= 0.3 is 6.18 Å². The van der Waals surface area contributed by atoms with Gasteiger partial charge < -0.3 is 5.32 Å². The van der Waals surface area contributed by atoms with Gasteiger partial charge in [0.25, 0.3) is 0 Å². The Morgan fingerprint density at radius 1 is 1.05 bits per heavy atom. The Kier molecular flexibility index (Phi) is 3.79. The van der Waals surface area contributed by atoms with Crippen molar-refractivity contribution in [1.82, 2.24) is 15.0 Å². The van der Waals surface area contributed by atoms with Crippen molar-refractivity contribution < 1.29 is 13.2 Å². The van der Waals surface area contributed by atoms with E-state index in [9.17, 15) is 13.2 Å². The number of hydrogen-bond acceptors (Lipinski definition) is 4. The summed E-state index contributed by atoms with van der Waals surface area (Å²) in [5.74, 6) is 0.216. The van der Waals surface area contributed by atoms with Gasteiger partial charge in [-0.15, -0.1) is 0 Å². The standard InChI is InChI=1S/C15H13F3N4/c16-15(17,18)12-9-13(20-11-3-1-2-4-11)22-14(21-12)10-5-7-19-8-6-10/h1-2,5-9,11H,3-4H2,(H,20,21,22). The smallest absolute Gasteiger partial charge is 0.367 e. The molecule has 1 N–H and O–H groups in total. The minimum atomic E-state index is -4.52. The Morgan fingerprint density at radius 3 is 2.36 bits per heavy atom. The number of nitrogens with one attached hydrogen (secondary N) is 1. The molecule has 1 aliphatic carbocycles. The van der Waals surface area contributed by atoms with Crippen LogP contribution in [-0.4, -0.2) is 21.0 Å². The zero-order chi connectivity index (χ0) is 15.6. The van der Waals surface area contributed by atoms with Gasteiger partial charge in [0.1, 0.15) is 5.82 Å². The quantitative estimate of drug-likeness (QED) is 0.879. The Balaban J connectivity index is 1.98. The first-order valence-corrected chi connectivity index (χ1v) is 6.80. The molecule has 2 aromatic heterocycles. The van der Waals surface area contributed by atoms with Gasteiger partial charge in [0.2, 0.25) is 0 Å². The summed E-state index contributed by atoms with van der Waals surface area (Å²) in [6, 6.07) is 4.18. The minimum Gasteiger partial charge on any atom is -0.367 e. The van der Waals surface area contributed by atoms with E-state index in [1.807, 2.05) is 12.2 Å². The van der Waals surface area contributed by atoms with Crippen molar-refractivity contribution in [2.24, 2.45) is 0 Å². The molecule has 0 aliphatic heterocycles. The predicted molar refractivity (Wildman–Crippen MR) is 76.0 cm³/mol. The summed E-state index contributed by atoms with van der Waals surface area (Å²) in [5, 5.41) is 3.03. The number of anilines is 1. The average Bonchev–Trinajstić information content (AvgIpc) is 3.00. The lowest BCUT2D eigenvalue weighted by atomic mass is 10.2. The van der Waals surface area contributed by atoms with Gasteiger partial charge in [-0.1, -0.05) is 12.2 Å². The van der Waals surface area contributed by atoms with Crippen LogP contribution < -0.4 is 5.32 Å². The summed E-state index contributed by atoms with van der Waals surface area (Å²) in [4.78, 5) is 11.7. The van der Waals surface area contributed by atoms with Gasteiger partial charge in [-0.2, -0.15) is 13.2 Å². The molecule has 0 saturated heterocycles. The first-order chi connectivity index (χ1) is 10.5. The third kappa shape index (κ3) is 3.24. The molecule has 0 radical (unpaired) electrons. The predicted octanol–water partition coefficient (Wildman–Crippen LogP) is 3.69. The molecule has 0 atom stereocenters. The van der Waals surface area contributed by atoms with Crippen LogP contribution in [0.5, 0.6) is 0 Å². The van der Waals surface area contributed by atoms with Crippen LogP contribution in [0.3, 0.4) is 0 Å². The third-order valence-corrected chi connectivity index (χ3v) is 3.31. The third-order valence-electron chi connectivity index (χ3n) is 3.31. The van der Waals surface area contributed by atoms with Crippen LogP contribution in [-0.2, 0) is 6.18 Å². The highest BCUT2D eigenvalue weighted by atomic mass is 19.4. The largest absolute Gasteiger partial charge is 0.433 e. The molecular formula is C15H13F3N4. The van der Waals surface area contributed by atoms with E-state index in [1.165, 1.54) is 12.4 Å². The SMILES string of the molecule is FC(F)(F)c1cc(NC2CC=CC2)nc(-c2ccncc2)n1. The molecule has 0 amide bonds. The number of halogens is 3. The molecule has 7 heteroatoms. The van der Waals surface area contributed by atoms with E-state index in [0.29, 0.717) is 5.56 Å². The number of pyridine rings is 1. The normalized spacial score (nSPS) is 15.2. The second kappa shape index (κ2) is 5.75. The number of rotatable bonds is 3. The fraction of sp³-hybridized carbons (Fsp3) is 0.267. The minimum absolute atomic E-state index is 0.0330. The van der Waals surface area contributed by atoms with E-state index >= 15 is 0 Å². The molecule has 2 aromatic rings. The second-order valence-corrected chi connectivity index (χ2v) is 4.98. The van der Waals surface area contributed by atoms with E-state index in [4.69, 9.17) is 0 Å². The van der Waals surface area contributed by atoms with E-state index < -0.39 is 11.9 Å². The van der Waals surface area contributed by atoms with Crippen LogP contribution in [0.2, 0.25) is 0 Å². The molecule has 0 saturated carbocycles. The summed E-state index contributed by atoms with van der Waals surface area (Å²) >= 11 is 0. The number of nitrogens with zero attached hydrogens (tertiary/aromatic N) is 3. The maximum absolute atomic E-state index is 13.0. The van der Waals surface area contributed by atoms with Crippen molar-refractivity contribution in [2.75, 3.05) is 5.32 Å². The van der Waals surface area contributed by atoms with Crippen molar-refractivity contribution >= 4 is 5.82 Å².